The summed E-state index contributed by atoms with van der Waals surface area (Å²) in [4.78, 5) is 16.3. The van der Waals surface area contributed by atoms with Crippen molar-refractivity contribution in [1.29, 1.82) is 0 Å². The van der Waals surface area contributed by atoms with Gasteiger partial charge in [0.15, 0.2) is 11.6 Å². The highest BCUT2D eigenvalue weighted by Crippen LogP contribution is 2.26. The summed E-state index contributed by atoms with van der Waals surface area (Å²) < 4.78 is 25.9. The van der Waals surface area contributed by atoms with Gasteiger partial charge in [-0.25, -0.2) is 13.8 Å². The zero-order chi connectivity index (χ0) is 15.5. The van der Waals surface area contributed by atoms with Gasteiger partial charge in [-0.3, -0.25) is 4.79 Å². The standard InChI is InChI=1S/C15H10F2N2OS2/c16-12-2-1-10(5-13(12)17)18-14(20)6-11-8-22-15(19-11)9-3-4-21-7-9/h1-5,7-8H,6H2,(H,18,20). The first kappa shape index (κ1) is 14.8. The lowest BCUT2D eigenvalue weighted by Gasteiger charge is -2.04. The number of hydrogen-bond acceptors (Lipinski definition) is 4. The summed E-state index contributed by atoms with van der Waals surface area (Å²) in [5.41, 5.74) is 1.89. The smallest absolute Gasteiger partial charge is 0.230 e. The quantitative estimate of drug-likeness (QED) is 0.770. The van der Waals surface area contributed by atoms with E-state index in [-0.39, 0.29) is 18.0 Å². The number of anilines is 1. The lowest BCUT2D eigenvalue weighted by molar-refractivity contribution is -0.115. The third kappa shape index (κ3) is 3.37. The largest absolute Gasteiger partial charge is 0.326 e. The highest BCUT2D eigenvalue weighted by atomic mass is 32.1. The fourth-order valence-electron chi connectivity index (χ4n) is 1.85. The Morgan fingerprint density at radius 2 is 2.05 bits per heavy atom. The molecular formula is C15H10F2N2OS2. The first-order valence-corrected chi connectivity index (χ1v) is 8.16. The van der Waals surface area contributed by atoms with Crippen molar-refractivity contribution in [3.8, 4) is 10.6 Å². The van der Waals surface area contributed by atoms with Crippen LogP contribution < -0.4 is 5.32 Å². The van der Waals surface area contributed by atoms with Crippen molar-refractivity contribution >= 4 is 34.3 Å². The van der Waals surface area contributed by atoms with Crippen LogP contribution in [-0.4, -0.2) is 10.9 Å². The van der Waals surface area contributed by atoms with Crippen LogP contribution in [0.5, 0.6) is 0 Å². The lowest BCUT2D eigenvalue weighted by Crippen LogP contribution is -2.14. The third-order valence-electron chi connectivity index (χ3n) is 2.86. The molecule has 3 rings (SSSR count). The van der Waals surface area contributed by atoms with Gasteiger partial charge >= 0.3 is 0 Å². The van der Waals surface area contributed by atoms with E-state index in [1.165, 1.54) is 17.4 Å². The van der Waals surface area contributed by atoms with Crippen molar-refractivity contribution in [3.63, 3.8) is 0 Å². The van der Waals surface area contributed by atoms with E-state index in [1.54, 1.807) is 11.3 Å². The van der Waals surface area contributed by atoms with Gasteiger partial charge in [0.1, 0.15) is 5.01 Å². The molecule has 0 atom stereocenters. The first-order valence-electron chi connectivity index (χ1n) is 6.34. The Kier molecular flexibility index (Phi) is 4.26. The normalized spacial score (nSPS) is 10.6. The Balaban J connectivity index is 1.65. The molecule has 1 aromatic carbocycles. The van der Waals surface area contributed by atoms with E-state index in [9.17, 15) is 13.6 Å². The number of carbonyl (C=O) groups excluding carboxylic acids is 1. The monoisotopic (exact) mass is 336 g/mol. The van der Waals surface area contributed by atoms with Crippen LogP contribution in [0.3, 0.4) is 0 Å². The van der Waals surface area contributed by atoms with Gasteiger partial charge in [0.25, 0.3) is 0 Å². The van der Waals surface area contributed by atoms with Crippen LogP contribution in [0.1, 0.15) is 5.69 Å². The van der Waals surface area contributed by atoms with Gasteiger partial charge in [-0.15, -0.1) is 11.3 Å². The van der Waals surface area contributed by atoms with E-state index in [0.717, 1.165) is 22.7 Å². The molecular weight excluding hydrogens is 326 g/mol. The average Bonchev–Trinajstić information content (AvgIpc) is 3.13. The van der Waals surface area contributed by atoms with E-state index in [4.69, 9.17) is 0 Å². The molecule has 0 aliphatic rings. The predicted molar refractivity (Wildman–Crippen MR) is 84.1 cm³/mol. The molecule has 3 nitrogen and oxygen atoms in total. The number of rotatable bonds is 4. The predicted octanol–water partition coefficient (Wildman–Crippen LogP) is 4.33. The SMILES string of the molecule is O=C(Cc1csc(-c2ccsc2)n1)Nc1ccc(F)c(F)c1. The van der Waals surface area contributed by atoms with Crippen molar-refractivity contribution in [3.05, 3.63) is 57.7 Å². The van der Waals surface area contributed by atoms with Crippen molar-refractivity contribution in [2.45, 2.75) is 6.42 Å². The van der Waals surface area contributed by atoms with Crippen LogP contribution in [0.2, 0.25) is 0 Å². The summed E-state index contributed by atoms with van der Waals surface area (Å²) in [5.74, 6) is -2.27. The van der Waals surface area contributed by atoms with Crippen LogP contribution in [0.25, 0.3) is 10.6 Å². The minimum atomic E-state index is -0.994. The van der Waals surface area contributed by atoms with Gasteiger partial charge in [0, 0.05) is 28.1 Å². The molecule has 0 bridgehead atoms. The van der Waals surface area contributed by atoms with Gasteiger partial charge in [-0.1, -0.05) is 0 Å². The van der Waals surface area contributed by atoms with Crippen molar-refractivity contribution in [2.24, 2.45) is 0 Å². The van der Waals surface area contributed by atoms with Crippen molar-refractivity contribution < 1.29 is 13.6 Å². The molecule has 0 aliphatic heterocycles. The molecule has 7 heteroatoms. The lowest BCUT2D eigenvalue weighted by atomic mass is 10.2. The fraction of sp³-hybridized carbons (Fsp3) is 0.0667. The maximum Gasteiger partial charge on any atom is 0.230 e. The Labute approximate surface area is 133 Å². The maximum absolute atomic E-state index is 13.1. The number of amides is 1. The van der Waals surface area contributed by atoms with Crippen molar-refractivity contribution in [1.82, 2.24) is 4.98 Å². The molecule has 0 saturated heterocycles. The van der Waals surface area contributed by atoms with Crippen molar-refractivity contribution in [2.75, 3.05) is 5.32 Å². The fourth-order valence-corrected chi connectivity index (χ4v) is 3.38. The number of nitrogens with one attached hydrogen (secondary N) is 1. The molecule has 2 aromatic heterocycles. The van der Waals surface area contributed by atoms with E-state index < -0.39 is 11.6 Å². The average molecular weight is 336 g/mol. The highest BCUT2D eigenvalue weighted by Gasteiger charge is 2.10. The second kappa shape index (κ2) is 6.33. The Morgan fingerprint density at radius 1 is 1.18 bits per heavy atom. The summed E-state index contributed by atoms with van der Waals surface area (Å²) in [6.45, 7) is 0. The second-order valence-corrected chi connectivity index (χ2v) is 6.15. The van der Waals surface area contributed by atoms with Gasteiger partial charge in [0.2, 0.25) is 5.91 Å². The van der Waals surface area contributed by atoms with Crippen LogP contribution in [0.4, 0.5) is 14.5 Å². The van der Waals surface area contributed by atoms with Crippen LogP contribution in [0, 0.1) is 11.6 Å². The molecule has 1 N–H and O–H groups in total. The number of benzene rings is 1. The molecule has 0 spiro atoms. The molecule has 0 radical (unpaired) electrons. The number of thiazole rings is 1. The molecule has 112 valence electrons. The summed E-state index contributed by atoms with van der Waals surface area (Å²) >= 11 is 3.05. The highest BCUT2D eigenvalue weighted by molar-refractivity contribution is 7.14. The molecule has 22 heavy (non-hydrogen) atoms. The minimum absolute atomic E-state index is 0.0830. The number of nitrogens with zero attached hydrogens (tertiary/aromatic N) is 1. The maximum atomic E-state index is 13.1. The molecule has 0 aliphatic carbocycles. The Bertz CT molecular complexity index is 800. The summed E-state index contributed by atoms with van der Waals surface area (Å²) in [5, 5.41) is 9.15. The number of carbonyl (C=O) groups is 1. The molecule has 3 aromatic rings. The molecule has 1 amide bonds. The summed E-state index contributed by atoms with van der Waals surface area (Å²) in [6.07, 6.45) is 0.0830. The van der Waals surface area contributed by atoms with Gasteiger partial charge in [0.05, 0.1) is 12.1 Å². The third-order valence-corrected chi connectivity index (χ3v) is 4.49. The van der Waals surface area contributed by atoms with E-state index in [2.05, 4.69) is 10.3 Å². The van der Waals surface area contributed by atoms with E-state index >= 15 is 0 Å². The number of aromatic nitrogens is 1. The van der Waals surface area contributed by atoms with E-state index in [0.29, 0.717) is 5.69 Å². The Morgan fingerprint density at radius 3 is 2.77 bits per heavy atom. The van der Waals surface area contributed by atoms with Crippen LogP contribution >= 0.6 is 22.7 Å². The minimum Gasteiger partial charge on any atom is -0.326 e. The number of thiophene rings is 1. The van der Waals surface area contributed by atoms with Gasteiger partial charge in [-0.05, 0) is 23.6 Å². The molecule has 0 unspecified atom stereocenters. The summed E-state index contributed by atoms with van der Waals surface area (Å²) in [6, 6.07) is 5.20. The Hall–Kier alpha value is -2.12. The van der Waals surface area contributed by atoms with E-state index in [1.807, 2.05) is 22.2 Å². The van der Waals surface area contributed by atoms with Gasteiger partial charge in [-0.2, -0.15) is 11.3 Å². The first-order chi connectivity index (χ1) is 10.6. The second-order valence-electron chi connectivity index (χ2n) is 4.51. The zero-order valence-electron chi connectivity index (χ0n) is 11.2. The number of hydrogen-bond donors (Lipinski definition) is 1. The van der Waals surface area contributed by atoms with Gasteiger partial charge < -0.3 is 5.32 Å². The molecule has 0 fully saturated rings. The topological polar surface area (TPSA) is 42.0 Å². The molecule has 0 saturated carbocycles. The van der Waals surface area contributed by atoms with Crippen LogP contribution in [0.15, 0.2) is 40.4 Å². The van der Waals surface area contributed by atoms with Crippen LogP contribution in [-0.2, 0) is 11.2 Å². The number of halogens is 2. The molecule has 2 heterocycles. The zero-order valence-corrected chi connectivity index (χ0v) is 12.8. The summed E-state index contributed by atoms with van der Waals surface area (Å²) in [7, 11) is 0.